The number of thiazole rings is 1. The smallest absolute Gasteiger partial charge is 0.350 e. The van der Waals surface area contributed by atoms with Crippen molar-refractivity contribution in [2.24, 2.45) is 5.16 Å². The Morgan fingerprint density at radius 1 is 1.20 bits per heavy atom. The quantitative estimate of drug-likeness (QED) is 0.0696. The van der Waals surface area contributed by atoms with Crippen LogP contribution in [0, 0.1) is 0 Å². The van der Waals surface area contributed by atoms with Crippen molar-refractivity contribution in [3.63, 3.8) is 0 Å². The molecule has 1 aliphatic rings. The number of aliphatic carboxylic acids is 1. The lowest BCUT2D eigenvalue weighted by Crippen LogP contribution is -2.72. The van der Waals surface area contributed by atoms with Gasteiger partial charge in [-0.2, -0.15) is 0 Å². The first-order chi connectivity index (χ1) is 21.2. The maximum atomic E-state index is 13.1. The summed E-state index contributed by atoms with van der Waals surface area (Å²) in [4.78, 5) is 85.0. The molecule has 45 heavy (non-hydrogen) atoms. The van der Waals surface area contributed by atoms with Crippen LogP contribution in [0.5, 0.6) is 5.75 Å². The molecule has 2 aromatic heterocycles. The third-order valence-corrected chi connectivity index (χ3v) is 7.04. The number of β-lactam (4-membered cyclic amide) rings is 1. The molecule has 0 unspecified atom stereocenters. The SMILES string of the molecule is CC(C)(O/N=C(\C(=O)N[C@@H]1C(=O)N[C@@H]1CNC(=O)Cc1cccc(NC(=O)c2cc(=O)c(O)c[nH]2)c1)c1csc(N)n1)C(=O)O. The van der Waals surface area contributed by atoms with E-state index >= 15 is 0 Å². The summed E-state index contributed by atoms with van der Waals surface area (Å²) in [5.41, 5.74) is 3.59. The van der Waals surface area contributed by atoms with Crippen LogP contribution in [0.4, 0.5) is 10.8 Å². The molecule has 236 valence electrons. The van der Waals surface area contributed by atoms with E-state index in [2.05, 4.69) is 36.4 Å². The number of benzene rings is 1. The van der Waals surface area contributed by atoms with Crippen LogP contribution in [-0.2, 0) is 30.4 Å². The Morgan fingerprint density at radius 2 is 1.96 bits per heavy atom. The number of anilines is 2. The molecule has 9 N–H and O–H groups in total. The minimum atomic E-state index is -1.77. The molecule has 0 spiro atoms. The molecule has 4 amide bonds. The third-order valence-electron chi connectivity index (χ3n) is 6.36. The van der Waals surface area contributed by atoms with Gasteiger partial charge in [-0.25, -0.2) is 9.78 Å². The number of hydrogen-bond donors (Lipinski definition) is 8. The van der Waals surface area contributed by atoms with Gasteiger partial charge in [-0.3, -0.25) is 24.0 Å². The van der Waals surface area contributed by atoms with E-state index in [1.165, 1.54) is 19.2 Å². The number of H-pyrrole nitrogens is 1. The predicted octanol–water partition coefficient (Wildman–Crippen LogP) is -0.702. The van der Waals surface area contributed by atoms with Gasteiger partial charge in [-0.1, -0.05) is 17.3 Å². The number of carboxylic acid groups (broad SMARTS) is 1. The number of carbonyl (C=O) groups is 5. The van der Waals surface area contributed by atoms with Gasteiger partial charge in [0.2, 0.25) is 22.8 Å². The van der Waals surface area contributed by atoms with Gasteiger partial charge < -0.3 is 47.0 Å². The minimum Gasteiger partial charge on any atom is -0.503 e. The van der Waals surface area contributed by atoms with E-state index in [4.69, 9.17) is 10.6 Å². The zero-order chi connectivity index (χ0) is 32.9. The molecule has 3 aromatic rings. The number of aromatic hydroxyl groups is 1. The number of pyridine rings is 1. The third kappa shape index (κ3) is 7.99. The van der Waals surface area contributed by atoms with Gasteiger partial charge in [0.25, 0.3) is 11.8 Å². The van der Waals surface area contributed by atoms with Crippen LogP contribution in [0.2, 0.25) is 0 Å². The highest BCUT2D eigenvalue weighted by molar-refractivity contribution is 7.13. The lowest BCUT2D eigenvalue weighted by Gasteiger charge is -2.37. The van der Waals surface area contributed by atoms with Crippen LogP contribution < -0.4 is 32.4 Å². The number of rotatable bonds is 12. The van der Waals surface area contributed by atoms with Crippen molar-refractivity contribution in [3.05, 3.63) is 69.1 Å². The van der Waals surface area contributed by atoms with Crippen molar-refractivity contribution >= 4 is 57.5 Å². The molecule has 1 aliphatic heterocycles. The monoisotopic (exact) mass is 640 g/mol. The lowest BCUT2D eigenvalue weighted by molar-refractivity contribution is -0.161. The van der Waals surface area contributed by atoms with Crippen LogP contribution in [0.25, 0.3) is 0 Å². The Labute approximate surface area is 257 Å². The number of aromatic nitrogens is 2. The molecule has 1 saturated heterocycles. The number of amides is 4. The molecule has 17 nitrogen and oxygen atoms in total. The van der Waals surface area contributed by atoms with Gasteiger partial charge in [0.05, 0.1) is 12.5 Å². The summed E-state index contributed by atoms with van der Waals surface area (Å²) in [7, 11) is 0. The summed E-state index contributed by atoms with van der Waals surface area (Å²) in [5.74, 6) is -4.32. The molecule has 1 aromatic carbocycles. The summed E-state index contributed by atoms with van der Waals surface area (Å²) in [5, 5.41) is 34.2. The largest absolute Gasteiger partial charge is 0.503 e. The van der Waals surface area contributed by atoms with Gasteiger partial charge >= 0.3 is 5.97 Å². The van der Waals surface area contributed by atoms with E-state index in [0.717, 1.165) is 23.6 Å². The molecular weight excluding hydrogens is 612 g/mol. The number of nitrogens with one attached hydrogen (secondary N) is 5. The zero-order valence-corrected chi connectivity index (χ0v) is 24.6. The number of carbonyl (C=O) groups excluding carboxylic acids is 4. The zero-order valence-electron chi connectivity index (χ0n) is 23.7. The average Bonchev–Trinajstić information content (AvgIpc) is 3.41. The maximum absolute atomic E-state index is 13.1. The normalized spacial score (nSPS) is 16.1. The summed E-state index contributed by atoms with van der Waals surface area (Å²) in [6.45, 7) is 2.42. The van der Waals surface area contributed by atoms with Crippen molar-refractivity contribution in [3.8, 4) is 5.75 Å². The standard InChI is InChI=1S/C27H28N8O9S/c1-27(2,25(42)43)44-35-21(16-11-45-26(28)33-16)24(41)34-20-15(32-23(20)40)9-30-19(38)7-12-4-3-5-13(6-12)31-22(39)14-8-17(36)18(37)10-29-14/h3-6,8,10-11,15,20,37H,7,9H2,1-2H3,(H2,28,33)(H,29,36)(H,30,38)(H,31,39)(H,32,40)(H,34,41)(H,42,43)/b35-21-/t15-,20+/m1/s1. The Bertz CT molecular complexity index is 1750. The van der Waals surface area contributed by atoms with Gasteiger partial charge in [0, 0.05) is 29.9 Å². The van der Waals surface area contributed by atoms with Crippen LogP contribution in [0.3, 0.4) is 0 Å². The highest BCUT2D eigenvalue weighted by Crippen LogP contribution is 2.17. The fraction of sp³-hybridized carbons (Fsp3) is 0.259. The van der Waals surface area contributed by atoms with Crippen molar-refractivity contribution in [1.82, 2.24) is 25.9 Å². The second kappa shape index (κ2) is 13.2. The fourth-order valence-electron chi connectivity index (χ4n) is 3.81. The van der Waals surface area contributed by atoms with Crippen molar-refractivity contribution < 1.29 is 39.0 Å². The Morgan fingerprint density at radius 3 is 2.60 bits per heavy atom. The van der Waals surface area contributed by atoms with E-state index in [0.29, 0.717) is 11.3 Å². The Kier molecular flexibility index (Phi) is 9.46. The number of oxime groups is 1. The topological polar surface area (TPSA) is 267 Å². The van der Waals surface area contributed by atoms with Crippen molar-refractivity contribution in [2.45, 2.75) is 38.0 Å². The van der Waals surface area contributed by atoms with Gasteiger partial charge in [0.1, 0.15) is 17.4 Å². The molecule has 0 radical (unpaired) electrons. The number of hydrogen-bond acceptors (Lipinski definition) is 12. The lowest BCUT2D eigenvalue weighted by atomic mass is 9.98. The molecule has 0 bridgehead atoms. The van der Waals surface area contributed by atoms with E-state index in [1.54, 1.807) is 24.3 Å². The van der Waals surface area contributed by atoms with Crippen molar-refractivity contribution in [2.75, 3.05) is 17.6 Å². The highest BCUT2D eigenvalue weighted by Gasteiger charge is 2.41. The number of nitrogens with two attached hydrogens (primary N) is 1. The summed E-state index contributed by atoms with van der Waals surface area (Å²) in [6, 6.07) is 5.63. The van der Waals surface area contributed by atoms with E-state index < -0.39 is 64.2 Å². The molecule has 0 aliphatic carbocycles. The number of carboxylic acids is 1. The molecule has 2 atom stereocenters. The van der Waals surface area contributed by atoms with Gasteiger partial charge in [-0.05, 0) is 31.5 Å². The van der Waals surface area contributed by atoms with Crippen LogP contribution >= 0.6 is 11.3 Å². The van der Waals surface area contributed by atoms with E-state index in [1.807, 2.05) is 0 Å². The van der Waals surface area contributed by atoms with E-state index in [9.17, 15) is 39.0 Å². The van der Waals surface area contributed by atoms with Crippen LogP contribution in [0.1, 0.15) is 35.6 Å². The fourth-order valence-corrected chi connectivity index (χ4v) is 4.36. The van der Waals surface area contributed by atoms with Crippen molar-refractivity contribution in [1.29, 1.82) is 0 Å². The van der Waals surface area contributed by atoms with Gasteiger partial charge in [0.15, 0.2) is 16.6 Å². The van der Waals surface area contributed by atoms with Crippen LogP contribution in [-0.4, -0.2) is 79.7 Å². The first-order valence-electron chi connectivity index (χ1n) is 13.1. The Balaban J connectivity index is 1.34. The average molecular weight is 641 g/mol. The summed E-state index contributed by atoms with van der Waals surface area (Å²) < 4.78 is 0. The first-order valence-corrected chi connectivity index (χ1v) is 14.0. The van der Waals surface area contributed by atoms with Gasteiger partial charge in [-0.15, -0.1) is 11.3 Å². The molecular formula is C27H28N8O9S. The minimum absolute atomic E-state index is 0.00976. The molecule has 0 saturated carbocycles. The maximum Gasteiger partial charge on any atom is 0.350 e. The predicted molar refractivity (Wildman–Crippen MR) is 160 cm³/mol. The number of nitrogens with zero attached hydrogens (tertiary/aromatic N) is 2. The van der Waals surface area contributed by atoms with E-state index in [-0.39, 0.29) is 29.5 Å². The molecule has 1 fully saturated rings. The first kappa shape index (κ1) is 32.1. The highest BCUT2D eigenvalue weighted by atomic mass is 32.1. The number of aromatic amines is 1. The Hall–Kier alpha value is -5.78. The second-order valence-corrected chi connectivity index (χ2v) is 11.1. The molecule has 4 rings (SSSR count). The molecule has 3 heterocycles. The molecule has 18 heteroatoms. The summed E-state index contributed by atoms with van der Waals surface area (Å²) >= 11 is 1.01. The van der Waals surface area contributed by atoms with Crippen LogP contribution in [0.15, 0.2) is 51.9 Å². The second-order valence-electron chi connectivity index (χ2n) is 10.2. The number of nitrogen functional groups attached to an aromatic ring is 1. The summed E-state index contributed by atoms with van der Waals surface area (Å²) in [6.07, 6.45) is 0.913.